The zero-order valence-electron chi connectivity index (χ0n) is 11.2. The van der Waals surface area contributed by atoms with Crippen molar-refractivity contribution in [3.05, 3.63) is 35.1 Å². The van der Waals surface area contributed by atoms with Crippen LogP contribution in [0.15, 0.2) is 18.2 Å². The minimum atomic E-state index is -0.743. The lowest BCUT2D eigenvalue weighted by atomic mass is 9.97. The number of carbonyl (C=O) groups is 1. The Labute approximate surface area is 113 Å². The summed E-state index contributed by atoms with van der Waals surface area (Å²) in [5.74, 6) is -0.963. The van der Waals surface area contributed by atoms with Crippen molar-refractivity contribution in [3.63, 3.8) is 0 Å². The van der Waals surface area contributed by atoms with Crippen LogP contribution in [-0.2, 0) is 11.3 Å². The number of nitrogens with zero attached hydrogens (tertiary/aromatic N) is 1. The topological polar surface area (TPSA) is 40.5 Å². The summed E-state index contributed by atoms with van der Waals surface area (Å²) in [5, 5.41) is 8.96. The van der Waals surface area contributed by atoms with Crippen LogP contribution >= 0.6 is 0 Å². The Morgan fingerprint density at radius 3 is 2.95 bits per heavy atom. The Bertz CT molecular complexity index is 461. The molecule has 2 rings (SSSR count). The number of rotatable bonds is 4. The number of aryl methyl sites for hydroxylation is 1. The maximum absolute atomic E-state index is 13.1. The van der Waals surface area contributed by atoms with Gasteiger partial charge in [0.25, 0.3) is 0 Å². The molecular weight excluding hydrogens is 245 g/mol. The van der Waals surface area contributed by atoms with Crippen molar-refractivity contribution in [1.82, 2.24) is 4.90 Å². The Balaban J connectivity index is 2.08. The molecule has 1 heterocycles. The van der Waals surface area contributed by atoms with Crippen molar-refractivity contribution in [2.75, 3.05) is 6.54 Å². The third-order valence-corrected chi connectivity index (χ3v) is 3.84. The lowest BCUT2D eigenvalue weighted by Gasteiger charge is -2.35. The highest BCUT2D eigenvalue weighted by Crippen LogP contribution is 2.23. The molecule has 0 aromatic heterocycles. The van der Waals surface area contributed by atoms with Gasteiger partial charge in [0.1, 0.15) is 5.82 Å². The van der Waals surface area contributed by atoms with Gasteiger partial charge < -0.3 is 5.11 Å². The second kappa shape index (κ2) is 6.15. The average molecular weight is 265 g/mol. The molecule has 1 N–H and O–H groups in total. The molecule has 104 valence electrons. The number of hydrogen-bond donors (Lipinski definition) is 1. The molecule has 1 fully saturated rings. The van der Waals surface area contributed by atoms with E-state index in [0.717, 1.165) is 36.9 Å². The van der Waals surface area contributed by atoms with Crippen LogP contribution in [0.25, 0.3) is 0 Å². The van der Waals surface area contributed by atoms with Crippen LogP contribution in [0.4, 0.5) is 4.39 Å². The highest BCUT2D eigenvalue weighted by molar-refractivity contribution is 5.67. The predicted octanol–water partition coefficient (Wildman–Crippen LogP) is 2.96. The van der Waals surface area contributed by atoms with E-state index in [1.807, 2.05) is 6.92 Å². The molecule has 4 heteroatoms. The zero-order valence-corrected chi connectivity index (χ0v) is 11.2. The first-order chi connectivity index (χ1) is 9.06. The average Bonchev–Trinajstić information content (AvgIpc) is 2.34. The molecule has 0 radical (unpaired) electrons. The van der Waals surface area contributed by atoms with Crippen molar-refractivity contribution in [2.45, 2.75) is 45.2 Å². The number of piperidine rings is 1. The van der Waals surface area contributed by atoms with Crippen LogP contribution in [0.2, 0.25) is 0 Å². The van der Waals surface area contributed by atoms with Crippen molar-refractivity contribution in [1.29, 1.82) is 0 Å². The summed E-state index contributed by atoms with van der Waals surface area (Å²) in [6.07, 6.45) is 3.33. The molecule has 1 aliphatic rings. The van der Waals surface area contributed by atoms with Gasteiger partial charge in [0.2, 0.25) is 0 Å². The minimum Gasteiger partial charge on any atom is -0.481 e. The van der Waals surface area contributed by atoms with E-state index in [4.69, 9.17) is 5.11 Å². The van der Waals surface area contributed by atoms with Crippen molar-refractivity contribution in [3.8, 4) is 0 Å². The van der Waals surface area contributed by atoms with Gasteiger partial charge in [-0.3, -0.25) is 9.69 Å². The van der Waals surface area contributed by atoms with E-state index in [0.29, 0.717) is 6.54 Å². The highest BCUT2D eigenvalue weighted by Gasteiger charge is 2.24. The van der Waals surface area contributed by atoms with E-state index in [9.17, 15) is 9.18 Å². The third-order valence-electron chi connectivity index (χ3n) is 3.84. The predicted molar refractivity (Wildman–Crippen MR) is 71.4 cm³/mol. The number of halogens is 1. The quantitative estimate of drug-likeness (QED) is 0.910. The van der Waals surface area contributed by atoms with Crippen LogP contribution < -0.4 is 0 Å². The lowest BCUT2D eigenvalue weighted by molar-refractivity contribution is -0.138. The number of likely N-dealkylation sites (tertiary alicyclic amines) is 1. The number of benzene rings is 1. The van der Waals surface area contributed by atoms with E-state index in [1.54, 1.807) is 6.07 Å². The largest absolute Gasteiger partial charge is 0.481 e. The Hall–Kier alpha value is -1.42. The Kier molecular flexibility index (Phi) is 4.53. The molecule has 0 saturated carbocycles. The van der Waals surface area contributed by atoms with E-state index in [-0.39, 0.29) is 18.3 Å². The van der Waals surface area contributed by atoms with Gasteiger partial charge in [0.05, 0.1) is 6.42 Å². The maximum Gasteiger partial charge on any atom is 0.304 e. The van der Waals surface area contributed by atoms with E-state index < -0.39 is 5.97 Å². The van der Waals surface area contributed by atoms with Crippen molar-refractivity contribution < 1.29 is 14.3 Å². The summed E-state index contributed by atoms with van der Waals surface area (Å²) in [7, 11) is 0. The number of carboxylic acids is 1. The normalized spacial score (nSPS) is 20.4. The fourth-order valence-electron chi connectivity index (χ4n) is 2.76. The molecule has 1 unspecified atom stereocenters. The molecule has 0 bridgehead atoms. The first kappa shape index (κ1) is 14.0. The van der Waals surface area contributed by atoms with E-state index in [1.165, 1.54) is 12.1 Å². The van der Waals surface area contributed by atoms with Gasteiger partial charge in [-0.15, -0.1) is 0 Å². The van der Waals surface area contributed by atoms with Gasteiger partial charge >= 0.3 is 5.97 Å². The van der Waals surface area contributed by atoms with Gasteiger partial charge in [0, 0.05) is 12.6 Å². The molecule has 3 nitrogen and oxygen atoms in total. The van der Waals surface area contributed by atoms with Crippen LogP contribution in [-0.4, -0.2) is 28.6 Å². The van der Waals surface area contributed by atoms with Gasteiger partial charge in [-0.2, -0.15) is 0 Å². The molecule has 1 aliphatic heterocycles. The second-order valence-corrected chi connectivity index (χ2v) is 5.29. The van der Waals surface area contributed by atoms with Crippen LogP contribution in [0.1, 0.15) is 36.8 Å². The summed E-state index contributed by atoms with van der Waals surface area (Å²) in [5.41, 5.74) is 2.01. The highest BCUT2D eigenvalue weighted by atomic mass is 19.1. The molecule has 19 heavy (non-hydrogen) atoms. The molecule has 1 aromatic carbocycles. The fraction of sp³-hybridized carbons (Fsp3) is 0.533. The molecule has 0 aliphatic carbocycles. The van der Waals surface area contributed by atoms with Crippen LogP contribution in [0, 0.1) is 12.7 Å². The molecule has 1 saturated heterocycles. The SMILES string of the molecule is Cc1cc(F)ccc1CN1CCCCC1CC(=O)O. The summed E-state index contributed by atoms with van der Waals surface area (Å²) in [6, 6.07) is 4.91. The standard InChI is InChI=1S/C15H20FNO2/c1-11-8-13(16)6-5-12(11)10-17-7-3-2-4-14(17)9-15(18)19/h5-6,8,14H,2-4,7,9-10H2,1H3,(H,18,19). The third kappa shape index (κ3) is 3.77. The smallest absolute Gasteiger partial charge is 0.304 e. The lowest BCUT2D eigenvalue weighted by Crippen LogP contribution is -2.40. The second-order valence-electron chi connectivity index (χ2n) is 5.29. The van der Waals surface area contributed by atoms with Gasteiger partial charge in [0.15, 0.2) is 0 Å². The first-order valence-corrected chi connectivity index (χ1v) is 6.77. The van der Waals surface area contributed by atoms with E-state index in [2.05, 4.69) is 4.90 Å². The summed E-state index contributed by atoms with van der Waals surface area (Å²) >= 11 is 0. The van der Waals surface area contributed by atoms with Crippen LogP contribution in [0.5, 0.6) is 0 Å². The number of aliphatic carboxylic acids is 1. The summed E-state index contributed by atoms with van der Waals surface area (Å²) in [6.45, 7) is 3.54. The van der Waals surface area contributed by atoms with Crippen LogP contribution in [0.3, 0.4) is 0 Å². The molecule has 0 amide bonds. The summed E-state index contributed by atoms with van der Waals surface area (Å²) in [4.78, 5) is 13.1. The van der Waals surface area contributed by atoms with Gasteiger partial charge in [-0.1, -0.05) is 12.5 Å². The molecule has 0 spiro atoms. The summed E-state index contributed by atoms with van der Waals surface area (Å²) < 4.78 is 13.1. The van der Waals surface area contributed by atoms with Gasteiger partial charge in [-0.25, -0.2) is 4.39 Å². The van der Waals surface area contributed by atoms with E-state index >= 15 is 0 Å². The molecular formula is C15H20FNO2. The van der Waals surface area contributed by atoms with Crippen molar-refractivity contribution in [2.24, 2.45) is 0 Å². The number of carboxylic acid groups (broad SMARTS) is 1. The van der Waals surface area contributed by atoms with Crippen molar-refractivity contribution >= 4 is 5.97 Å². The fourth-order valence-corrected chi connectivity index (χ4v) is 2.76. The Morgan fingerprint density at radius 2 is 2.26 bits per heavy atom. The monoisotopic (exact) mass is 265 g/mol. The molecule has 1 atom stereocenters. The minimum absolute atomic E-state index is 0.107. The number of hydrogen-bond acceptors (Lipinski definition) is 2. The first-order valence-electron chi connectivity index (χ1n) is 6.77. The zero-order chi connectivity index (χ0) is 13.8. The maximum atomic E-state index is 13.1. The molecule has 1 aromatic rings. The van der Waals surface area contributed by atoms with Gasteiger partial charge in [-0.05, 0) is 49.6 Å². The Morgan fingerprint density at radius 1 is 1.47 bits per heavy atom.